The molecular weight excluding hydrogens is 254 g/mol. The van der Waals surface area contributed by atoms with Crippen LogP contribution in [0, 0.1) is 5.92 Å². The van der Waals surface area contributed by atoms with E-state index in [1.165, 1.54) is 25.7 Å². The predicted octanol–water partition coefficient (Wildman–Crippen LogP) is 0.603. The molecule has 1 saturated heterocycles. The van der Waals surface area contributed by atoms with Crippen LogP contribution >= 0.6 is 0 Å². The van der Waals surface area contributed by atoms with Crippen LogP contribution in [-0.2, 0) is 9.53 Å². The Hall–Kier alpha value is -0.650. The van der Waals surface area contributed by atoms with Crippen LogP contribution in [0.2, 0.25) is 0 Å². The van der Waals surface area contributed by atoms with Gasteiger partial charge in [0.15, 0.2) is 0 Å². The maximum Gasteiger partial charge on any atom is 0.234 e. The molecule has 1 aliphatic heterocycles. The second-order valence-electron chi connectivity index (χ2n) is 6.12. The summed E-state index contributed by atoms with van der Waals surface area (Å²) in [5.41, 5.74) is 0. The highest BCUT2D eigenvalue weighted by Gasteiger charge is 2.25. The first-order valence-corrected chi connectivity index (χ1v) is 7.99. The Labute approximate surface area is 122 Å². The molecule has 20 heavy (non-hydrogen) atoms. The molecule has 1 amide bonds. The molecule has 116 valence electrons. The molecule has 0 aromatic carbocycles. The number of rotatable bonds is 9. The van der Waals surface area contributed by atoms with Crippen LogP contribution in [0.5, 0.6) is 0 Å². The van der Waals surface area contributed by atoms with E-state index in [0.29, 0.717) is 25.6 Å². The van der Waals surface area contributed by atoms with Crippen LogP contribution in [0.25, 0.3) is 0 Å². The van der Waals surface area contributed by atoms with Gasteiger partial charge in [0, 0.05) is 32.8 Å². The Balaban J connectivity index is 1.57. The number of amides is 1. The maximum atomic E-state index is 11.8. The van der Waals surface area contributed by atoms with Crippen LogP contribution in [0.3, 0.4) is 0 Å². The number of carbonyl (C=O) groups excluding carboxylic acids is 1. The monoisotopic (exact) mass is 283 g/mol. The largest absolute Gasteiger partial charge is 0.385 e. The molecule has 1 aliphatic carbocycles. The third-order valence-corrected chi connectivity index (χ3v) is 4.09. The van der Waals surface area contributed by atoms with Gasteiger partial charge in [-0.15, -0.1) is 0 Å². The van der Waals surface area contributed by atoms with Crippen molar-refractivity contribution in [1.29, 1.82) is 0 Å². The van der Waals surface area contributed by atoms with Crippen molar-refractivity contribution in [2.45, 2.75) is 38.1 Å². The van der Waals surface area contributed by atoms with Crippen LogP contribution in [-0.4, -0.2) is 63.3 Å². The highest BCUT2D eigenvalue weighted by molar-refractivity contribution is 5.77. The number of nitrogens with zero attached hydrogens (tertiary/aromatic N) is 1. The number of methoxy groups -OCH3 is 1. The first-order valence-electron chi connectivity index (χ1n) is 7.99. The fourth-order valence-corrected chi connectivity index (χ4v) is 2.79. The molecule has 1 saturated carbocycles. The van der Waals surface area contributed by atoms with Gasteiger partial charge in [0.05, 0.1) is 6.54 Å². The molecule has 2 rings (SSSR count). The number of nitrogens with one attached hydrogen (secondary N) is 2. The van der Waals surface area contributed by atoms with Crippen molar-refractivity contribution in [2.24, 2.45) is 5.92 Å². The van der Waals surface area contributed by atoms with E-state index in [2.05, 4.69) is 15.5 Å². The zero-order valence-corrected chi connectivity index (χ0v) is 12.7. The van der Waals surface area contributed by atoms with E-state index in [1.54, 1.807) is 7.11 Å². The van der Waals surface area contributed by atoms with Gasteiger partial charge < -0.3 is 15.4 Å². The van der Waals surface area contributed by atoms with Crippen LogP contribution in [0.4, 0.5) is 0 Å². The summed E-state index contributed by atoms with van der Waals surface area (Å²) in [6, 6.07) is 0.787. The van der Waals surface area contributed by atoms with Gasteiger partial charge in [-0.1, -0.05) is 0 Å². The Morgan fingerprint density at radius 3 is 2.95 bits per heavy atom. The summed E-state index contributed by atoms with van der Waals surface area (Å²) in [6.07, 6.45) is 6.09. The quantitative estimate of drug-likeness (QED) is 0.609. The van der Waals surface area contributed by atoms with E-state index in [9.17, 15) is 4.79 Å². The van der Waals surface area contributed by atoms with E-state index >= 15 is 0 Å². The van der Waals surface area contributed by atoms with Gasteiger partial charge in [-0.2, -0.15) is 0 Å². The average molecular weight is 283 g/mol. The molecular formula is C15H29N3O2. The van der Waals surface area contributed by atoms with Gasteiger partial charge in [-0.25, -0.2) is 0 Å². The normalized spacial score (nSPS) is 23.8. The van der Waals surface area contributed by atoms with Gasteiger partial charge >= 0.3 is 0 Å². The van der Waals surface area contributed by atoms with Gasteiger partial charge in [-0.3, -0.25) is 9.69 Å². The lowest BCUT2D eigenvalue weighted by Gasteiger charge is -2.32. The van der Waals surface area contributed by atoms with Crippen molar-refractivity contribution < 1.29 is 9.53 Å². The zero-order valence-electron chi connectivity index (χ0n) is 12.7. The minimum atomic E-state index is 0.150. The van der Waals surface area contributed by atoms with Gasteiger partial charge in [0.2, 0.25) is 5.91 Å². The molecule has 1 unspecified atom stereocenters. The molecule has 1 atom stereocenters. The molecule has 5 heteroatoms. The molecule has 1 heterocycles. The van der Waals surface area contributed by atoms with Crippen molar-refractivity contribution in [1.82, 2.24) is 15.5 Å². The smallest absolute Gasteiger partial charge is 0.234 e. The molecule has 0 bridgehead atoms. The van der Waals surface area contributed by atoms with E-state index in [-0.39, 0.29) is 5.91 Å². The van der Waals surface area contributed by atoms with Gasteiger partial charge in [-0.05, 0) is 51.1 Å². The average Bonchev–Trinajstić information content (AvgIpc) is 3.26. The van der Waals surface area contributed by atoms with Crippen LogP contribution in [0.1, 0.15) is 32.1 Å². The summed E-state index contributed by atoms with van der Waals surface area (Å²) in [4.78, 5) is 14.1. The van der Waals surface area contributed by atoms with E-state index in [4.69, 9.17) is 4.74 Å². The number of piperidine rings is 1. The van der Waals surface area contributed by atoms with Crippen molar-refractivity contribution >= 4 is 5.91 Å². The van der Waals surface area contributed by atoms with Gasteiger partial charge in [0.1, 0.15) is 0 Å². The summed E-state index contributed by atoms with van der Waals surface area (Å²) in [6.45, 7) is 5.21. The summed E-state index contributed by atoms with van der Waals surface area (Å²) >= 11 is 0. The Morgan fingerprint density at radius 2 is 2.20 bits per heavy atom. The highest BCUT2D eigenvalue weighted by atomic mass is 16.5. The zero-order chi connectivity index (χ0) is 14.2. The van der Waals surface area contributed by atoms with Crippen molar-refractivity contribution in [3.8, 4) is 0 Å². The maximum absolute atomic E-state index is 11.8. The number of carbonyl (C=O) groups is 1. The number of ether oxygens (including phenoxy) is 1. The minimum absolute atomic E-state index is 0.150. The molecule has 5 nitrogen and oxygen atoms in total. The second-order valence-corrected chi connectivity index (χ2v) is 6.12. The lowest BCUT2D eigenvalue weighted by Crippen LogP contribution is -2.45. The van der Waals surface area contributed by atoms with Crippen molar-refractivity contribution in [3.63, 3.8) is 0 Å². The number of likely N-dealkylation sites (tertiary alicyclic amines) is 1. The molecule has 0 radical (unpaired) electrons. The first-order chi connectivity index (χ1) is 9.78. The molecule has 0 spiro atoms. The fraction of sp³-hybridized carbons (Fsp3) is 0.933. The summed E-state index contributed by atoms with van der Waals surface area (Å²) < 4.78 is 4.97. The lowest BCUT2D eigenvalue weighted by molar-refractivity contribution is -0.122. The van der Waals surface area contributed by atoms with Crippen molar-refractivity contribution in [2.75, 3.05) is 46.4 Å². The summed E-state index contributed by atoms with van der Waals surface area (Å²) in [7, 11) is 1.69. The Morgan fingerprint density at radius 1 is 1.35 bits per heavy atom. The SMILES string of the molecule is COCCCNC(=O)CN1CCCC(CNC2CC2)C1. The molecule has 2 N–H and O–H groups in total. The molecule has 2 aliphatic rings. The highest BCUT2D eigenvalue weighted by Crippen LogP contribution is 2.21. The van der Waals surface area contributed by atoms with Crippen molar-refractivity contribution in [3.05, 3.63) is 0 Å². The van der Waals surface area contributed by atoms with E-state index < -0.39 is 0 Å². The molecule has 0 aromatic heterocycles. The fourth-order valence-electron chi connectivity index (χ4n) is 2.79. The lowest BCUT2D eigenvalue weighted by atomic mass is 9.98. The predicted molar refractivity (Wildman–Crippen MR) is 79.7 cm³/mol. The van der Waals surface area contributed by atoms with Gasteiger partial charge in [0.25, 0.3) is 0 Å². The minimum Gasteiger partial charge on any atom is -0.385 e. The molecule has 0 aromatic rings. The summed E-state index contributed by atoms with van der Waals surface area (Å²) in [5.74, 6) is 0.863. The van der Waals surface area contributed by atoms with E-state index in [0.717, 1.165) is 32.1 Å². The number of hydrogen-bond donors (Lipinski definition) is 2. The molecule has 2 fully saturated rings. The summed E-state index contributed by atoms with van der Waals surface area (Å²) in [5, 5.41) is 6.57. The van der Waals surface area contributed by atoms with Crippen LogP contribution in [0.15, 0.2) is 0 Å². The third-order valence-electron chi connectivity index (χ3n) is 4.09. The Kier molecular flexibility index (Phi) is 6.76. The second kappa shape index (κ2) is 8.60. The standard InChI is InChI=1S/C15H29N3O2/c1-20-9-3-7-16-15(19)12-18-8-2-4-13(11-18)10-17-14-5-6-14/h13-14,17H,2-12H2,1H3,(H,16,19). The number of hydrogen-bond acceptors (Lipinski definition) is 4. The topological polar surface area (TPSA) is 53.6 Å². The van der Waals surface area contributed by atoms with E-state index in [1.807, 2.05) is 0 Å². The third kappa shape index (κ3) is 6.20. The van der Waals surface area contributed by atoms with Crippen LogP contribution < -0.4 is 10.6 Å². The first kappa shape index (κ1) is 15.7. The Bertz CT molecular complexity index is 295.